The molecule has 1 heterocycles. The third kappa shape index (κ3) is 7.48. The second-order valence-electron chi connectivity index (χ2n) is 17.9. The SMILES string of the molecule is C/C1=C/C(c2ccc(-c3cccc(C4N=C(c5cccc6c5-c5ccccc5C6(c5ccccc5)c5ccccc5)N=C(c5ccccc5)CCC4C)c3)cc2)=C\C(C)=C\CC1C. The maximum absolute atomic E-state index is 5.83. The van der Waals surface area contributed by atoms with Crippen LogP contribution in [0, 0.1) is 11.8 Å². The number of hydrogen-bond donors (Lipinski definition) is 0. The van der Waals surface area contributed by atoms with E-state index in [1.807, 2.05) is 0 Å². The quantitative estimate of drug-likeness (QED) is 0.153. The first-order valence-electron chi connectivity index (χ1n) is 22.7. The summed E-state index contributed by atoms with van der Waals surface area (Å²) in [6, 6.07) is 66.7. The van der Waals surface area contributed by atoms with Crippen LogP contribution in [0.25, 0.3) is 27.8 Å². The number of amidine groups is 1. The second-order valence-corrected chi connectivity index (χ2v) is 17.9. The topological polar surface area (TPSA) is 24.7 Å². The van der Waals surface area contributed by atoms with Gasteiger partial charge in [-0.05, 0) is 118 Å². The highest BCUT2D eigenvalue weighted by atomic mass is 15.0. The minimum Gasteiger partial charge on any atom is -0.258 e. The van der Waals surface area contributed by atoms with Crippen LogP contribution in [0.15, 0.2) is 221 Å². The maximum Gasteiger partial charge on any atom is 0.156 e. The van der Waals surface area contributed by atoms with E-state index in [9.17, 15) is 0 Å². The molecule has 0 fully saturated rings. The van der Waals surface area contributed by atoms with Crippen LogP contribution < -0.4 is 0 Å². The summed E-state index contributed by atoms with van der Waals surface area (Å²) in [4.78, 5) is 11.5. The minimum absolute atomic E-state index is 0.0919. The van der Waals surface area contributed by atoms with Crippen molar-refractivity contribution in [2.75, 3.05) is 0 Å². The Labute approximate surface area is 373 Å². The molecule has 3 atom stereocenters. The van der Waals surface area contributed by atoms with E-state index < -0.39 is 5.41 Å². The molecule has 0 radical (unpaired) electrons. The van der Waals surface area contributed by atoms with E-state index in [4.69, 9.17) is 9.98 Å². The highest BCUT2D eigenvalue weighted by Gasteiger charge is 2.47. The molecule has 2 aliphatic carbocycles. The molecule has 7 aromatic rings. The molecule has 10 rings (SSSR count). The molecule has 3 aliphatic rings. The number of aliphatic imine (C=N–C) groups is 2. The Morgan fingerprint density at radius 1 is 0.540 bits per heavy atom. The van der Waals surface area contributed by atoms with Gasteiger partial charge in [0, 0.05) is 5.56 Å². The van der Waals surface area contributed by atoms with Crippen LogP contribution in [0.5, 0.6) is 0 Å². The number of hydrogen-bond acceptors (Lipinski definition) is 2. The molecular formula is C61H54N2. The van der Waals surface area contributed by atoms with Gasteiger partial charge in [-0.3, -0.25) is 4.99 Å². The van der Waals surface area contributed by atoms with Crippen molar-refractivity contribution in [2.45, 2.75) is 58.4 Å². The largest absolute Gasteiger partial charge is 0.258 e. The molecule has 3 unspecified atom stereocenters. The smallest absolute Gasteiger partial charge is 0.156 e. The van der Waals surface area contributed by atoms with Crippen LogP contribution >= 0.6 is 0 Å². The van der Waals surface area contributed by atoms with Crippen molar-refractivity contribution in [3.63, 3.8) is 0 Å². The molecule has 0 bridgehead atoms. The van der Waals surface area contributed by atoms with Gasteiger partial charge in [0.15, 0.2) is 5.84 Å². The van der Waals surface area contributed by atoms with Crippen LogP contribution in [0.1, 0.15) is 97.5 Å². The van der Waals surface area contributed by atoms with Gasteiger partial charge in [0.1, 0.15) is 0 Å². The molecule has 0 N–H and O–H groups in total. The molecule has 0 amide bonds. The van der Waals surface area contributed by atoms with Crippen molar-refractivity contribution < 1.29 is 0 Å². The van der Waals surface area contributed by atoms with Gasteiger partial charge in [0.2, 0.25) is 0 Å². The Hall–Kier alpha value is -6.90. The molecule has 0 saturated carbocycles. The van der Waals surface area contributed by atoms with Gasteiger partial charge in [0.25, 0.3) is 0 Å². The van der Waals surface area contributed by atoms with Gasteiger partial charge in [-0.1, -0.05) is 219 Å². The summed E-state index contributed by atoms with van der Waals surface area (Å²) in [6.07, 6.45) is 9.99. The van der Waals surface area contributed by atoms with E-state index in [0.29, 0.717) is 5.92 Å². The summed E-state index contributed by atoms with van der Waals surface area (Å²) in [5.41, 5.74) is 19.2. The fourth-order valence-electron chi connectivity index (χ4n) is 10.3. The summed E-state index contributed by atoms with van der Waals surface area (Å²) >= 11 is 0. The minimum atomic E-state index is -0.510. The van der Waals surface area contributed by atoms with Crippen molar-refractivity contribution in [1.82, 2.24) is 0 Å². The normalized spacial score (nSPS) is 21.8. The van der Waals surface area contributed by atoms with Gasteiger partial charge in [-0.2, -0.15) is 0 Å². The predicted octanol–water partition coefficient (Wildman–Crippen LogP) is 15.4. The Morgan fingerprint density at radius 2 is 1.14 bits per heavy atom. The van der Waals surface area contributed by atoms with Gasteiger partial charge < -0.3 is 0 Å². The highest BCUT2D eigenvalue weighted by Crippen LogP contribution is 2.57. The average molecular weight is 815 g/mol. The van der Waals surface area contributed by atoms with Gasteiger partial charge >= 0.3 is 0 Å². The van der Waals surface area contributed by atoms with Crippen LogP contribution in [0.2, 0.25) is 0 Å². The van der Waals surface area contributed by atoms with Gasteiger partial charge in [-0.15, -0.1) is 0 Å². The highest BCUT2D eigenvalue weighted by molar-refractivity contribution is 6.16. The van der Waals surface area contributed by atoms with Crippen molar-refractivity contribution >= 4 is 17.1 Å². The van der Waals surface area contributed by atoms with E-state index in [-0.39, 0.29) is 12.0 Å². The first kappa shape index (κ1) is 40.2. The Balaban J connectivity index is 1.12. The molecule has 63 heavy (non-hydrogen) atoms. The molecule has 0 spiro atoms. The number of allylic oxidation sites excluding steroid dienone is 6. The second kappa shape index (κ2) is 17.1. The number of benzene rings is 7. The summed E-state index contributed by atoms with van der Waals surface area (Å²) in [5.74, 6) is 1.60. The molecular weight excluding hydrogens is 761 g/mol. The number of fused-ring (bicyclic) bond motifs is 3. The molecule has 0 saturated heterocycles. The fraction of sp³-hybridized carbons (Fsp3) is 0.180. The van der Waals surface area contributed by atoms with Crippen molar-refractivity contribution in [3.05, 3.63) is 256 Å². The summed E-state index contributed by atoms with van der Waals surface area (Å²) in [7, 11) is 0. The van der Waals surface area contributed by atoms with Gasteiger partial charge in [-0.25, -0.2) is 4.99 Å². The fourth-order valence-corrected chi connectivity index (χ4v) is 10.3. The van der Waals surface area contributed by atoms with Crippen molar-refractivity contribution in [1.29, 1.82) is 0 Å². The van der Waals surface area contributed by atoms with Crippen molar-refractivity contribution in [2.24, 2.45) is 21.8 Å². The first-order chi connectivity index (χ1) is 30.9. The zero-order valence-electron chi connectivity index (χ0n) is 36.8. The molecule has 2 heteroatoms. The zero-order chi connectivity index (χ0) is 42.9. The van der Waals surface area contributed by atoms with E-state index in [1.165, 1.54) is 72.4 Å². The third-order valence-electron chi connectivity index (χ3n) is 13.8. The summed E-state index contributed by atoms with van der Waals surface area (Å²) in [5, 5.41) is 0. The number of nitrogens with zero attached hydrogens (tertiary/aromatic N) is 2. The van der Waals surface area contributed by atoms with E-state index in [0.717, 1.165) is 41.9 Å². The van der Waals surface area contributed by atoms with Crippen LogP contribution in [-0.2, 0) is 5.41 Å². The zero-order valence-corrected chi connectivity index (χ0v) is 36.8. The average Bonchev–Trinajstić information content (AvgIpc) is 3.64. The predicted molar refractivity (Wildman–Crippen MR) is 266 cm³/mol. The lowest BCUT2D eigenvalue weighted by Gasteiger charge is -2.34. The molecule has 1 aliphatic heterocycles. The molecule has 308 valence electrons. The first-order valence-corrected chi connectivity index (χ1v) is 22.7. The lowest BCUT2D eigenvalue weighted by Crippen LogP contribution is -2.28. The third-order valence-corrected chi connectivity index (χ3v) is 13.8. The van der Waals surface area contributed by atoms with E-state index in [2.05, 4.69) is 228 Å². The monoisotopic (exact) mass is 814 g/mol. The Bertz CT molecular complexity index is 2910. The van der Waals surface area contributed by atoms with Crippen LogP contribution in [0.3, 0.4) is 0 Å². The lowest BCUT2D eigenvalue weighted by atomic mass is 9.67. The molecule has 0 aromatic heterocycles. The van der Waals surface area contributed by atoms with Gasteiger partial charge in [0.05, 0.1) is 17.2 Å². The van der Waals surface area contributed by atoms with E-state index >= 15 is 0 Å². The van der Waals surface area contributed by atoms with E-state index in [1.54, 1.807) is 0 Å². The van der Waals surface area contributed by atoms with Crippen LogP contribution in [-0.4, -0.2) is 11.5 Å². The molecule has 7 aromatic carbocycles. The van der Waals surface area contributed by atoms with Crippen LogP contribution in [0.4, 0.5) is 0 Å². The summed E-state index contributed by atoms with van der Waals surface area (Å²) < 4.78 is 0. The Morgan fingerprint density at radius 3 is 1.87 bits per heavy atom. The molecule has 2 nitrogen and oxygen atoms in total. The summed E-state index contributed by atoms with van der Waals surface area (Å²) in [6.45, 7) is 9.17. The maximum atomic E-state index is 5.83. The van der Waals surface area contributed by atoms with Crippen molar-refractivity contribution in [3.8, 4) is 22.3 Å². The standard InChI is InChI=1S/C61H54N2/c1-41-30-31-42(2)44(4)39-50(38-41)46-35-33-45(34-36-46)48-20-16-21-49(40-48)59-43(3)32-37-57(47-18-8-5-9-19-47)62-60(63-59)54-27-17-29-56-58(54)53-26-14-15-28-55(53)61(56,51-22-10-6-11-23-51)52-24-12-7-13-25-52/h5-30,33-36,38-40,42-43,59H,31-32,37H2,1-4H3/b41-30+,44-39-,50-38+,62-57?,63-60?. The lowest BCUT2D eigenvalue weighted by molar-refractivity contribution is 0.446. The Kier molecular flexibility index (Phi) is 10.9. The number of rotatable bonds is 7.